The van der Waals surface area contributed by atoms with Crippen LogP contribution in [0, 0.1) is 5.92 Å². The molecule has 0 spiro atoms. The average Bonchev–Trinajstić information content (AvgIpc) is 2.18. The lowest BCUT2D eigenvalue weighted by atomic mass is 9.94. The summed E-state index contributed by atoms with van der Waals surface area (Å²) in [6.45, 7) is 4.14. The predicted octanol–water partition coefficient (Wildman–Crippen LogP) is 2.13. The van der Waals surface area contributed by atoms with Gasteiger partial charge >= 0.3 is 0 Å². The first kappa shape index (κ1) is 11.0. The van der Waals surface area contributed by atoms with Crippen molar-refractivity contribution in [2.45, 2.75) is 32.8 Å². The Labute approximate surface area is 85.0 Å². The lowest BCUT2D eigenvalue weighted by Gasteiger charge is -2.19. The minimum Gasteiger partial charge on any atom is -0.398 e. The van der Waals surface area contributed by atoms with Crippen molar-refractivity contribution in [1.82, 2.24) is 4.98 Å². The zero-order valence-corrected chi connectivity index (χ0v) is 8.77. The molecule has 0 aliphatic rings. The molecule has 3 nitrogen and oxygen atoms in total. The predicted molar refractivity (Wildman–Crippen MR) is 57.7 cm³/mol. The maximum atomic E-state index is 9.98. The Balaban J connectivity index is 2.78. The minimum atomic E-state index is -0.497. The first-order chi connectivity index (χ1) is 6.66. The van der Waals surface area contributed by atoms with Gasteiger partial charge in [0.25, 0.3) is 0 Å². The molecule has 1 aromatic rings. The Hall–Kier alpha value is -1.09. The third-order valence-corrected chi connectivity index (χ3v) is 2.49. The summed E-state index contributed by atoms with van der Waals surface area (Å²) in [5.74, 6) is 0.228. The van der Waals surface area contributed by atoms with Gasteiger partial charge in [-0.15, -0.1) is 0 Å². The van der Waals surface area contributed by atoms with Crippen LogP contribution in [0.4, 0.5) is 5.69 Å². The van der Waals surface area contributed by atoms with Crippen LogP contribution in [0.1, 0.15) is 38.4 Å². The molecule has 78 valence electrons. The van der Waals surface area contributed by atoms with E-state index in [0.29, 0.717) is 5.69 Å². The van der Waals surface area contributed by atoms with E-state index in [4.69, 9.17) is 5.73 Å². The first-order valence-electron chi connectivity index (χ1n) is 5.04. The van der Waals surface area contributed by atoms with Gasteiger partial charge in [-0.25, -0.2) is 0 Å². The highest BCUT2D eigenvalue weighted by Gasteiger charge is 2.17. The number of aliphatic hydroxyl groups excluding tert-OH is 1. The highest BCUT2D eigenvalue weighted by molar-refractivity contribution is 5.45. The molecule has 14 heavy (non-hydrogen) atoms. The van der Waals surface area contributed by atoms with Crippen LogP contribution in [0.2, 0.25) is 0 Å². The van der Waals surface area contributed by atoms with Gasteiger partial charge in [0.2, 0.25) is 0 Å². The molecule has 2 unspecified atom stereocenters. The van der Waals surface area contributed by atoms with Gasteiger partial charge in [-0.3, -0.25) is 4.98 Å². The quantitative estimate of drug-likeness (QED) is 0.772. The van der Waals surface area contributed by atoms with E-state index in [1.807, 2.05) is 6.92 Å². The van der Waals surface area contributed by atoms with Crippen LogP contribution in [0.3, 0.4) is 0 Å². The lowest BCUT2D eigenvalue weighted by Crippen LogP contribution is -2.11. The van der Waals surface area contributed by atoms with E-state index in [-0.39, 0.29) is 5.92 Å². The summed E-state index contributed by atoms with van der Waals surface area (Å²) in [7, 11) is 0. The van der Waals surface area contributed by atoms with Crippen molar-refractivity contribution in [2.75, 3.05) is 5.73 Å². The fraction of sp³-hybridized carbons (Fsp3) is 0.545. The number of hydrogen-bond acceptors (Lipinski definition) is 3. The Morgan fingerprint density at radius 3 is 2.86 bits per heavy atom. The molecular weight excluding hydrogens is 176 g/mol. The molecule has 0 amide bonds. The summed E-state index contributed by atoms with van der Waals surface area (Å²) in [6.07, 6.45) is 4.85. The summed E-state index contributed by atoms with van der Waals surface area (Å²) in [5, 5.41) is 9.98. The van der Waals surface area contributed by atoms with Crippen LogP contribution in [-0.2, 0) is 0 Å². The second-order valence-electron chi connectivity index (χ2n) is 3.72. The van der Waals surface area contributed by atoms with Gasteiger partial charge in [0, 0.05) is 23.6 Å². The summed E-state index contributed by atoms with van der Waals surface area (Å²) in [4.78, 5) is 3.97. The van der Waals surface area contributed by atoms with Gasteiger partial charge in [0.1, 0.15) is 0 Å². The minimum absolute atomic E-state index is 0.228. The molecule has 2 atom stereocenters. The Morgan fingerprint density at radius 2 is 2.29 bits per heavy atom. The third kappa shape index (κ3) is 2.45. The van der Waals surface area contributed by atoms with Crippen molar-refractivity contribution < 1.29 is 5.11 Å². The maximum absolute atomic E-state index is 9.98. The second-order valence-corrected chi connectivity index (χ2v) is 3.72. The zero-order chi connectivity index (χ0) is 10.6. The van der Waals surface area contributed by atoms with Crippen molar-refractivity contribution in [1.29, 1.82) is 0 Å². The number of pyridine rings is 1. The molecule has 1 aromatic heterocycles. The molecule has 0 fully saturated rings. The van der Waals surface area contributed by atoms with E-state index < -0.39 is 6.10 Å². The fourth-order valence-electron chi connectivity index (χ4n) is 1.58. The van der Waals surface area contributed by atoms with Gasteiger partial charge in [-0.2, -0.15) is 0 Å². The molecule has 1 rings (SSSR count). The van der Waals surface area contributed by atoms with Crippen LogP contribution in [0.15, 0.2) is 18.5 Å². The standard InChI is InChI=1S/C11H18N2O/c1-3-4-8(2)11(14)9-7-13-6-5-10(9)12/h5-8,11,14H,3-4H2,1-2H3,(H2,12,13). The Bertz CT molecular complexity index is 288. The van der Waals surface area contributed by atoms with Gasteiger partial charge in [-0.05, 0) is 18.4 Å². The molecule has 3 N–H and O–H groups in total. The number of hydrogen-bond donors (Lipinski definition) is 2. The van der Waals surface area contributed by atoms with Crippen molar-refractivity contribution in [2.24, 2.45) is 5.92 Å². The topological polar surface area (TPSA) is 59.1 Å². The van der Waals surface area contributed by atoms with E-state index in [9.17, 15) is 5.11 Å². The normalized spacial score (nSPS) is 15.1. The van der Waals surface area contributed by atoms with Crippen molar-refractivity contribution in [3.63, 3.8) is 0 Å². The van der Waals surface area contributed by atoms with Crippen LogP contribution in [0.25, 0.3) is 0 Å². The third-order valence-electron chi connectivity index (χ3n) is 2.49. The first-order valence-corrected chi connectivity index (χ1v) is 5.04. The smallest absolute Gasteiger partial charge is 0.0850 e. The fourth-order valence-corrected chi connectivity index (χ4v) is 1.58. The Morgan fingerprint density at radius 1 is 1.57 bits per heavy atom. The van der Waals surface area contributed by atoms with Gasteiger partial charge in [0.05, 0.1) is 6.10 Å². The monoisotopic (exact) mass is 194 g/mol. The number of anilines is 1. The van der Waals surface area contributed by atoms with Crippen molar-refractivity contribution >= 4 is 5.69 Å². The van der Waals surface area contributed by atoms with Gasteiger partial charge in [-0.1, -0.05) is 20.3 Å². The molecule has 0 bridgehead atoms. The second kappa shape index (κ2) is 4.96. The molecule has 3 heteroatoms. The van der Waals surface area contributed by atoms with E-state index in [1.54, 1.807) is 18.5 Å². The van der Waals surface area contributed by atoms with Gasteiger partial charge < -0.3 is 10.8 Å². The molecule has 0 saturated heterocycles. The zero-order valence-electron chi connectivity index (χ0n) is 8.77. The average molecular weight is 194 g/mol. The number of aromatic nitrogens is 1. The maximum Gasteiger partial charge on any atom is 0.0850 e. The number of rotatable bonds is 4. The molecule has 0 aromatic carbocycles. The highest BCUT2D eigenvalue weighted by atomic mass is 16.3. The van der Waals surface area contributed by atoms with E-state index in [2.05, 4.69) is 11.9 Å². The van der Waals surface area contributed by atoms with E-state index in [0.717, 1.165) is 18.4 Å². The van der Waals surface area contributed by atoms with Crippen LogP contribution < -0.4 is 5.73 Å². The molecule has 0 aliphatic heterocycles. The Kier molecular flexibility index (Phi) is 3.89. The number of nitrogens with zero attached hydrogens (tertiary/aromatic N) is 1. The molecule has 0 radical (unpaired) electrons. The largest absolute Gasteiger partial charge is 0.398 e. The van der Waals surface area contributed by atoms with Gasteiger partial charge in [0.15, 0.2) is 0 Å². The van der Waals surface area contributed by atoms with Crippen molar-refractivity contribution in [3.8, 4) is 0 Å². The number of nitrogen functional groups attached to an aromatic ring is 1. The lowest BCUT2D eigenvalue weighted by molar-refractivity contribution is 0.112. The number of nitrogens with two attached hydrogens (primary N) is 1. The van der Waals surface area contributed by atoms with E-state index >= 15 is 0 Å². The number of aliphatic hydroxyl groups is 1. The van der Waals surface area contributed by atoms with E-state index in [1.165, 1.54) is 0 Å². The van der Waals surface area contributed by atoms with Crippen molar-refractivity contribution in [3.05, 3.63) is 24.0 Å². The highest BCUT2D eigenvalue weighted by Crippen LogP contribution is 2.28. The summed E-state index contributed by atoms with van der Waals surface area (Å²) in [5.41, 5.74) is 7.12. The molecule has 0 aliphatic carbocycles. The summed E-state index contributed by atoms with van der Waals surface area (Å²) >= 11 is 0. The van der Waals surface area contributed by atoms with Crippen LogP contribution in [0.5, 0.6) is 0 Å². The molecule has 0 saturated carbocycles. The van der Waals surface area contributed by atoms with Crippen LogP contribution >= 0.6 is 0 Å². The molecule has 1 heterocycles. The SMILES string of the molecule is CCCC(C)C(O)c1cnccc1N. The summed E-state index contributed by atoms with van der Waals surface area (Å²) < 4.78 is 0. The van der Waals surface area contributed by atoms with Crippen LogP contribution in [-0.4, -0.2) is 10.1 Å². The molecular formula is C11H18N2O. The summed E-state index contributed by atoms with van der Waals surface area (Å²) in [6, 6.07) is 1.72.